The van der Waals surface area contributed by atoms with E-state index in [-0.39, 0.29) is 30.1 Å². The summed E-state index contributed by atoms with van der Waals surface area (Å²) in [5.74, 6) is 0.733. The SMILES string of the molecule is CCC(CC)(c1ccc(CC[C@H](O)C(C)(C)C)c(C)c1)c1ccc(OC[C@H](O)CO)c(C)c1. The molecule has 0 unspecified atom stereocenters. The third-order valence-corrected chi connectivity index (χ3v) is 7.16. The Kier molecular flexibility index (Phi) is 9.54. The van der Waals surface area contributed by atoms with Gasteiger partial charge >= 0.3 is 0 Å². The van der Waals surface area contributed by atoms with Crippen LogP contribution in [0.3, 0.4) is 0 Å². The Morgan fingerprint density at radius 1 is 0.879 bits per heavy atom. The first kappa shape index (κ1) is 27.4. The average molecular weight is 457 g/mol. The third kappa shape index (κ3) is 6.59. The van der Waals surface area contributed by atoms with E-state index in [4.69, 9.17) is 9.84 Å². The number of hydrogen-bond donors (Lipinski definition) is 3. The lowest BCUT2D eigenvalue weighted by atomic mass is 9.69. The second kappa shape index (κ2) is 11.5. The molecule has 0 aliphatic carbocycles. The maximum absolute atomic E-state index is 10.4. The van der Waals surface area contributed by atoms with Gasteiger partial charge in [-0.3, -0.25) is 0 Å². The number of aryl methyl sites for hydroxylation is 3. The summed E-state index contributed by atoms with van der Waals surface area (Å²) in [6, 6.07) is 13.1. The molecule has 2 rings (SSSR count). The Morgan fingerprint density at radius 2 is 1.45 bits per heavy atom. The second-order valence-corrected chi connectivity index (χ2v) is 10.5. The smallest absolute Gasteiger partial charge is 0.122 e. The lowest BCUT2D eigenvalue weighted by molar-refractivity contribution is 0.0534. The van der Waals surface area contributed by atoms with E-state index in [2.05, 4.69) is 71.9 Å². The fourth-order valence-corrected chi connectivity index (χ4v) is 4.58. The topological polar surface area (TPSA) is 69.9 Å². The Hall–Kier alpha value is -1.88. The summed E-state index contributed by atoms with van der Waals surface area (Å²) in [5, 5.41) is 29.0. The summed E-state index contributed by atoms with van der Waals surface area (Å²) in [4.78, 5) is 0. The van der Waals surface area contributed by atoms with Crippen molar-refractivity contribution >= 4 is 0 Å². The van der Waals surface area contributed by atoms with Crippen LogP contribution in [-0.2, 0) is 11.8 Å². The van der Waals surface area contributed by atoms with E-state index in [0.29, 0.717) is 0 Å². The van der Waals surface area contributed by atoms with E-state index < -0.39 is 6.10 Å². The Bertz CT molecular complexity index is 893. The molecule has 0 fully saturated rings. The predicted octanol–water partition coefficient (Wildman–Crippen LogP) is 5.48. The first-order valence-corrected chi connectivity index (χ1v) is 12.3. The Labute approximate surface area is 200 Å². The number of aliphatic hydroxyl groups is 3. The normalized spacial score (nSPS) is 14.2. The number of hydrogen-bond acceptors (Lipinski definition) is 4. The molecule has 0 heterocycles. The van der Waals surface area contributed by atoms with Crippen molar-refractivity contribution in [1.82, 2.24) is 0 Å². The van der Waals surface area contributed by atoms with E-state index in [1.165, 1.54) is 22.3 Å². The first-order chi connectivity index (χ1) is 15.5. The van der Waals surface area contributed by atoms with Crippen LogP contribution in [0, 0.1) is 19.3 Å². The number of rotatable bonds is 11. The number of benzene rings is 2. The van der Waals surface area contributed by atoms with Gasteiger partial charge in [-0.15, -0.1) is 0 Å². The summed E-state index contributed by atoms with van der Waals surface area (Å²) in [5.41, 5.74) is 5.97. The van der Waals surface area contributed by atoms with Crippen molar-refractivity contribution in [3.8, 4) is 5.75 Å². The van der Waals surface area contributed by atoms with Gasteiger partial charge in [0.2, 0.25) is 0 Å². The maximum atomic E-state index is 10.4. The number of ether oxygens (including phenoxy) is 1. The maximum Gasteiger partial charge on any atom is 0.122 e. The standard InChI is InChI=1S/C29H44O4/c1-8-29(9-2,24-13-14-26(21(4)17-24)33-19-25(31)18-30)23-12-10-22(20(3)16-23)11-15-27(32)28(5,6)7/h10,12-14,16-17,25,27,30-32H,8-9,11,15,18-19H2,1-7H3/t25-,27+/m1/s1. The summed E-state index contributed by atoms with van der Waals surface area (Å²) in [6.45, 7) is 14.7. The van der Waals surface area contributed by atoms with Gasteiger partial charge in [-0.25, -0.2) is 0 Å². The lowest BCUT2D eigenvalue weighted by Gasteiger charge is -2.34. The zero-order valence-corrected chi connectivity index (χ0v) is 21.6. The molecule has 0 saturated heterocycles. The molecule has 0 aromatic heterocycles. The van der Waals surface area contributed by atoms with Crippen LogP contribution < -0.4 is 4.74 Å². The Balaban J connectivity index is 2.31. The molecule has 2 aromatic carbocycles. The van der Waals surface area contributed by atoms with Crippen molar-refractivity contribution in [2.45, 2.75) is 91.8 Å². The highest BCUT2D eigenvalue weighted by Crippen LogP contribution is 2.41. The lowest BCUT2D eigenvalue weighted by Crippen LogP contribution is -2.27. The van der Waals surface area contributed by atoms with Crippen molar-refractivity contribution in [3.63, 3.8) is 0 Å². The average Bonchev–Trinajstić information content (AvgIpc) is 2.78. The molecule has 0 amide bonds. The van der Waals surface area contributed by atoms with Gasteiger partial charge in [0, 0.05) is 5.41 Å². The minimum absolute atomic E-state index is 0.0773. The van der Waals surface area contributed by atoms with Crippen molar-refractivity contribution in [1.29, 1.82) is 0 Å². The van der Waals surface area contributed by atoms with Gasteiger partial charge < -0.3 is 20.1 Å². The summed E-state index contributed by atoms with van der Waals surface area (Å²) < 4.78 is 5.70. The van der Waals surface area contributed by atoms with E-state index >= 15 is 0 Å². The van der Waals surface area contributed by atoms with E-state index in [0.717, 1.165) is 37.0 Å². The minimum Gasteiger partial charge on any atom is -0.491 e. The second-order valence-electron chi connectivity index (χ2n) is 10.5. The molecule has 0 radical (unpaired) electrons. The minimum atomic E-state index is -0.875. The Morgan fingerprint density at radius 3 is 1.94 bits per heavy atom. The highest BCUT2D eigenvalue weighted by atomic mass is 16.5. The molecule has 0 aliphatic rings. The van der Waals surface area contributed by atoms with Crippen LogP contribution in [0.1, 0.15) is 81.7 Å². The van der Waals surface area contributed by atoms with Gasteiger partial charge in [0.15, 0.2) is 0 Å². The monoisotopic (exact) mass is 456 g/mol. The largest absolute Gasteiger partial charge is 0.491 e. The van der Waals surface area contributed by atoms with Crippen LogP contribution in [0.2, 0.25) is 0 Å². The zero-order chi connectivity index (χ0) is 24.8. The summed E-state index contributed by atoms with van der Waals surface area (Å²) in [7, 11) is 0. The molecule has 4 nitrogen and oxygen atoms in total. The molecule has 2 atom stereocenters. The molecule has 0 bridgehead atoms. The molecule has 0 spiro atoms. The highest BCUT2D eigenvalue weighted by molar-refractivity contribution is 5.47. The molecule has 33 heavy (non-hydrogen) atoms. The van der Waals surface area contributed by atoms with Gasteiger partial charge in [-0.05, 0) is 78.8 Å². The summed E-state index contributed by atoms with van der Waals surface area (Å²) in [6.07, 6.45) is 2.41. The molecule has 3 N–H and O–H groups in total. The van der Waals surface area contributed by atoms with Crippen molar-refractivity contribution in [2.75, 3.05) is 13.2 Å². The third-order valence-electron chi connectivity index (χ3n) is 7.16. The fourth-order valence-electron chi connectivity index (χ4n) is 4.58. The molecule has 0 saturated carbocycles. The fraction of sp³-hybridized carbons (Fsp3) is 0.586. The molecular formula is C29H44O4. The molecular weight excluding hydrogens is 412 g/mol. The van der Waals surface area contributed by atoms with Crippen molar-refractivity contribution in [3.05, 3.63) is 64.2 Å². The van der Waals surface area contributed by atoms with E-state index in [1.54, 1.807) is 0 Å². The number of aliphatic hydroxyl groups excluding tert-OH is 3. The van der Waals surface area contributed by atoms with Crippen LogP contribution in [0.15, 0.2) is 36.4 Å². The predicted molar refractivity (Wildman–Crippen MR) is 136 cm³/mol. The van der Waals surface area contributed by atoms with Gasteiger partial charge in [-0.1, -0.05) is 65.0 Å². The van der Waals surface area contributed by atoms with Crippen LogP contribution in [0.4, 0.5) is 0 Å². The molecule has 4 heteroatoms. The molecule has 0 aliphatic heterocycles. The van der Waals surface area contributed by atoms with Crippen LogP contribution in [-0.4, -0.2) is 40.7 Å². The molecule has 184 valence electrons. The van der Waals surface area contributed by atoms with Crippen LogP contribution in [0.25, 0.3) is 0 Å². The van der Waals surface area contributed by atoms with E-state index in [9.17, 15) is 10.2 Å². The highest BCUT2D eigenvalue weighted by Gasteiger charge is 2.31. The van der Waals surface area contributed by atoms with Crippen molar-refractivity contribution < 1.29 is 20.1 Å². The van der Waals surface area contributed by atoms with Gasteiger partial charge in [0.25, 0.3) is 0 Å². The van der Waals surface area contributed by atoms with Gasteiger partial charge in [0.1, 0.15) is 18.5 Å². The van der Waals surface area contributed by atoms with Gasteiger partial charge in [-0.2, -0.15) is 0 Å². The van der Waals surface area contributed by atoms with Crippen LogP contribution in [0.5, 0.6) is 5.75 Å². The van der Waals surface area contributed by atoms with Gasteiger partial charge in [0.05, 0.1) is 12.7 Å². The summed E-state index contributed by atoms with van der Waals surface area (Å²) >= 11 is 0. The molecule has 2 aromatic rings. The quantitative estimate of drug-likeness (QED) is 0.419. The van der Waals surface area contributed by atoms with E-state index in [1.807, 2.05) is 13.0 Å². The van der Waals surface area contributed by atoms with Crippen molar-refractivity contribution in [2.24, 2.45) is 5.41 Å². The first-order valence-electron chi connectivity index (χ1n) is 12.3. The zero-order valence-electron chi connectivity index (χ0n) is 21.6. The van der Waals surface area contributed by atoms with Crippen LogP contribution >= 0.6 is 0 Å².